The van der Waals surface area contributed by atoms with E-state index in [2.05, 4.69) is 10.1 Å². The van der Waals surface area contributed by atoms with Crippen molar-refractivity contribution in [3.63, 3.8) is 0 Å². The Kier molecular flexibility index (Phi) is 2.24. The molecule has 6 nitrogen and oxygen atoms in total. The van der Waals surface area contributed by atoms with Crippen LogP contribution in [-0.4, -0.2) is 21.2 Å². The number of hydrogen-bond acceptors (Lipinski definition) is 5. The van der Waals surface area contributed by atoms with Gasteiger partial charge in [0.15, 0.2) is 0 Å². The fourth-order valence-electron chi connectivity index (χ4n) is 1.16. The Balaban J connectivity index is 2.28. The summed E-state index contributed by atoms with van der Waals surface area (Å²) in [7, 11) is 0. The van der Waals surface area contributed by atoms with Crippen molar-refractivity contribution in [2.75, 3.05) is 0 Å². The van der Waals surface area contributed by atoms with Gasteiger partial charge in [0, 0.05) is 0 Å². The molecule has 0 atom stereocenters. The van der Waals surface area contributed by atoms with Crippen LogP contribution < -0.4 is 0 Å². The summed E-state index contributed by atoms with van der Waals surface area (Å²) in [5, 5.41) is 12.2. The monoisotopic (exact) mass is 208 g/mol. The predicted molar refractivity (Wildman–Crippen MR) is 48.1 cm³/mol. The molecule has 0 saturated carbocycles. The number of aromatic nitrogens is 2. The number of nitrogens with zero attached hydrogens (tertiary/aromatic N) is 2. The van der Waals surface area contributed by atoms with Crippen molar-refractivity contribution in [1.29, 1.82) is 0 Å². The first-order chi connectivity index (χ1) is 7.16. The SMILES string of the molecule is Cc1nocc1-c1ncc(CC(=O)O)o1. The first kappa shape index (κ1) is 9.45. The molecule has 0 bridgehead atoms. The zero-order valence-corrected chi connectivity index (χ0v) is 7.93. The van der Waals surface area contributed by atoms with Gasteiger partial charge in [-0.3, -0.25) is 4.79 Å². The highest BCUT2D eigenvalue weighted by atomic mass is 16.5. The van der Waals surface area contributed by atoms with Crippen LogP contribution in [0.25, 0.3) is 11.5 Å². The summed E-state index contributed by atoms with van der Waals surface area (Å²) < 4.78 is 9.95. The first-order valence-electron chi connectivity index (χ1n) is 4.24. The standard InChI is InChI=1S/C9H8N2O4/c1-5-7(4-14-11-5)9-10-3-6(15-9)2-8(12)13/h3-4H,2H2,1H3,(H,12,13). The van der Waals surface area contributed by atoms with Gasteiger partial charge in [0.05, 0.1) is 17.5 Å². The smallest absolute Gasteiger partial charge is 0.311 e. The molecule has 6 heteroatoms. The van der Waals surface area contributed by atoms with Crippen molar-refractivity contribution in [3.05, 3.63) is 23.9 Å². The number of hydrogen-bond donors (Lipinski definition) is 1. The molecule has 0 radical (unpaired) electrons. The van der Waals surface area contributed by atoms with E-state index in [0.717, 1.165) is 0 Å². The third-order valence-electron chi connectivity index (χ3n) is 1.86. The van der Waals surface area contributed by atoms with Gasteiger partial charge < -0.3 is 14.0 Å². The number of carboxylic acids is 1. The van der Waals surface area contributed by atoms with E-state index in [1.165, 1.54) is 12.5 Å². The van der Waals surface area contributed by atoms with Crippen LogP contribution in [0.2, 0.25) is 0 Å². The highest BCUT2D eigenvalue weighted by molar-refractivity contribution is 5.69. The predicted octanol–water partition coefficient (Wildman–Crippen LogP) is 1.27. The van der Waals surface area contributed by atoms with E-state index < -0.39 is 5.97 Å². The lowest BCUT2D eigenvalue weighted by Crippen LogP contribution is -1.97. The zero-order valence-electron chi connectivity index (χ0n) is 7.93. The Morgan fingerprint density at radius 1 is 1.60 bits per heavy atom. The van der Waals surface area contributed by atoms with E-state index in [0.29, 0.717) is 22.9 Å². The van der Waals surface area contributed by atoms with E-state index in [1.807, 2.05) is 0 Å². The van der Waals surface area contributed by atoms with Crippen LogP contribution in [0, 0.1) is 6.92 Å². The van der Waals surface area contributed by atoms with Crippen molar-refractivity contribution in [3.8, 4) is 11.5 Å². The Hall–Kier alpha value is -2.11. The van der Waals surface area contributed by atoms with Crippen LogP contribution in [0.5, 0.6) is 0 Å². The number of carboxylic acid groups (broad SMARTS) is 1. The Morgan fingerprint density at radius 2 is 2.40 bits per heavy atom. The van der Waals surface area contributed by atoms with Crippen LogP contribution in [-0.2, 0) is 11.2 Å². The molecule has 0 amide bonds. The van der Waals surface area contributed by atoms with Crippen molar-refractivity contribution >= 4 is 5.97 Å². The van der Waals surface area contributed by atoms with Gasteiger partial charge in [-0.25, -0.2) is 4.98 Å². The van der Waals surface area contributed by atoms with Gasteiger partial charge in [0.1, 0.15) is 18.4 Å². The molecule has 78 valence electrons. The molecule has 15 heavy (non-hydrogen) atoms. The van der Waals surface area contributed by atoms with Gasteiger partial charge in [-0.2, -0.15) is 0 Å². The molecule has 0 fully saturated rings. The lowest BCUT2D eigenvalue weighted by Gasteiger charge is -1.89. The maximum Gasteiger partial charge on any atom is 0.311 e. The summed E-state index contributed by atoms with van der Waals surface area (Å²) in [6.45, 7) is 1.75. The van der Waals surface area contributed by atoms with Gasteiger partial charge in [-0.1, -0.05) is 5.16 Å². The van der Waals surface area contributed by atoms with Crippen molar-refractivity contribution < 1.29 is 18.8 Å². The van der Waals surface area contributed by atoms with E-state index in [4.69, 9.17) is 14.0 Å². The zero-order chi connectivity index (χ0) is 10.8. The molecule has 1 N–H and O–H groups in total. The normalized spacial score (nSPS) is 10.5. The molecule has 0 aliphatic heterocycles. The molecule has 0 unspecified atom stereocenters. The summed E-state index contributed by atoms with van der Waals surface area (Å²) in [6.07, 6.45) is 2.61. The van der Waals surface area contributed by atoms with E-state index >= 15 is 0 Å². The molecule has 2 heterocycles. The minimum absolute atomic E-state index is 0.183. The van der Waals surface area contributed by atoms with E-state index in [9.17, 15) is 4.79 Å². The van der Waals surface area contributed by atoms with Gasteiger partial charge in [0.2, 0.25) is 5.89 Å². The fraction of sp³-hybridized carbons (Fsp3) is 0.222. The van der Waals surface area contributed by atoms with Crippen molar-refractivity contribution in [2.45, 2.75) is 13.3 Å². The molecular weight excluding hydrogens is 200 g/mol. The average Bonchev–Trinajstić information content (AvgIpc) is 2.72. The molecule has 0 saturated heterocycles. The van der Waals surface area contributed by atoms with Crippen LogP contribution in [0.4, 0.5) is 0 Å². The quantitative estimate of drug-likeness (QED) is 0.816. The maximum atomic E-state index is 10.4. The number of carbonyl (C=O) groups is 1. The van der Waals surface area contributed by atoms with Gasteiger partial charge >= 0.3 is 5.97 Å². The lowest BCUT2D eigenvalue weighted by molar-refractivity contribution is -0.136. The molecule has 0 aliphatic carbocycles. The molecule has 0 aromatic carbocycles. The third kappa shape index (κ3) is 1.88. The second-order valence-corrected chi connectivity index (χ2v) is 3.02. The molecule has 2 aromatic heterocycles. The second kappa shape index (κ2) is 3.56. The van der Waals surface area contributed by atoms with Gasteiger partial charge in [0.25, 0.3) is 0 Å². The molecule has 0 aliphatic rings. The van der Waals surface area contributed by atoms with Crippen LogP contribution in [0.3, 0.4) is 0 Å². The van der Waals surface area contributed by atoms with Crippen LogP contribution in [0.1, 0.15) is 11.5 Å². The summed E-state index contributed by atoms with van der Waals surface area (Å²) in [4.78, 5) is 14.4. The van der Waals surface area contributed by atoms with Crippen LogP contribution >= 0.6 is 0 Å². The lowest BCUT2D eigenvalue weighted by atomic mass is 10.3. The van der Waals surface area contributed by atoms with Crippen molar-refractivity contribution in [1.82, 2.24) is 10.1 Å². The van der Waals surface area contributed by atoms with Gasteiger partial charge in [-0.05, 0) is 6.92 Å². The third-order valence-corrected chi connectivity index (χ3v) is 1.86. The second-order valence-electron chi connectivity index (χ2n) is 3.02. The topological polar surface area (TPSA) is 89.4 Å². The Morgan fingerprint density at radius 3 is 3.00 bits per heavy atom. The van der Waals surface area contributed by atoms with Gasteiger partial charge in [-0.15, -0.1) is 0 Å². The van der Waals surface area contributed by atoms with Crippen molar-refractivity contribution in [2.24, 2.45) is 0 Å². The summed E-state index contributed by atoms with van der Waals surface area (Å²) in [5.41, 5.74) is 1.28. The largest absolute Gasteiger partial charge is 0.481 e. The molecule has 2 aromatic rings. The number of rotatable bonds is 3. The highest BCUT2D eigenvalue weighted by Crippen LogP contribution is 2.21. The molecular formula is C9H8N2O4. The maximum absolute atomic E-state index is 10.4. The summed E-state index contributed by atoms with van der Waals surface area (Å²) in [6, 6.07) is 0. The average molecular weight is 208 g/mol. The first-order valence-corrected chi connectivity index (χ1v) is 4.24. The number of aliphatic carboxylic acids is 1. The number of oxazole rings is 1. The fourth-order valence-corrected chi connectivity index (χ4v) is 1.16. The Labute approximate surface area is 84.5 Å². The molecule has 0 spiro atoms. The van der Waals surface area contributed by atoms with E-state index in [1.54, 1.807) is 6.92 Å². The Bertz CT molecular complexity index is 486. The van der Waals surface area contributed by atoms with E-state index in [-0.39, 0.29) is 6.42 Å². The summed E-state index contributed by atoms with van der Waals surface area (Å²) in [5.74, 6) is -0.331. The highest BCUT2D eigenvalue weighted by Gasteiger charge is 2.13. The minimum atomic E-state index is -0.959. The number of aryl methyl sites for hydroxylation is 1. The molecule has 2 rings (SSSR count). The minimum Gasteiger partial charge on any atom is -0.481 e. The van der Waals surface area contributed by atoms with Crippen LogP contribution in [0.15, 0.2) is 21.4 Å². The summed E-state index contributed by atoms with van der Waals surface area (Å²) >= 11 is 0.